The van der Waals surface area contributed by atoms with E-state index in [1.165, 1.54) is 0 Å². The highest BCUT2D eigenvalue weighted by atomic mass is 79.9. The molecule has 2 N–H and O–H groups in total. The number of amides is 1. The summed E-state index contributed by atoms with van der Waals surface area (Å²) in [5.41, 5.74) is 2.27. The highest BCUT2D eigenvalue weighted by Crippen LogP contribution is 2.24. The molecule has 4 aromatic rings. The Hall–Kier alpha value is -3.88. The normalized spacial score (nSPS) is 10.3. The second-order valence-corrected chi connectivity index (χ2v) is 9.49. The van der Waals surface area contributed by atoms with Crippen LogP contribution in [0.25, 0.3) is 0 Å². The zero-order valence-electron chi connectivity index (χ0n) is 20.6. The van der Waals surface area contributed by atoms with Gasteiger partial charge in [0.2, 0.25) is 0 Å². The number of carbonyl (C=O) groups is 1. The average Bonchev–Trinajstić information content (AvgIpc) is 2.94. The Kier molecular flexibility index (Phi) is 10.1. The van der Waals surface area contributed by atoms with Crippen molar-refractivity contribution in [3.05, 3.63) is 119 Å². The van der Waals surface area contributed by atoms with Crippen LogP contribution in [-0.2, 0) is 6.42 Å². The predicted molar refractivity (Wildman–Crippen MR) is 157 cm³/mol. The molecular weight excluding hydrogens is 564 g/mol. The molecule has 0 aliphatic rings. The molecule has 0 bridgehead atoms. The molecule has 1 amide bonds. The lowest BCUT2D eigenvalue weighted by Gasteiger charge is -2.14. The molecule has 0 unspecified atom stereocenters. The summed E-state index contributed by atoms with van der Waals surface area (Å²) >= 11 is 8.79. The van der Waals surface area contributed by atoms with Crippen molar-refractivity contribution in [2.75, 3.05) is 25.1 Å². The fourth-order valence-corrected chi connectivity index (χ4v) is 4.10. The predicted octanol–water partition coefficient (Wildman–Crippen LogP) is 6.66. The summed E-state index contributed by atoms with van der Waals surface area (Å²) in [6.45, 7) is 1.30. The Morgan fingerprint density at radius 3 is 2.05 bits per heavy atom. The van der Waals surface area contributed by atoms with E-state index in [1.54, 1.807) is 12.1 Å². The minimum Gasteiger partial charge on any atom is -0.492 e. The number of halogens is 1. The Morgan fingerprint density at radius 1 is 0.737 bits per heavy atom. The number of rotatable bonds is 11. The van der Waals surface area contributed by atoms with Gasteiger partial charge in [0.1, 0.15) is 30.5 Å². The van der Waals surface area contributed by atoms with E-state index in [2.05, 4.69) is 26.6 Å². The van der Waals surface area contributed by atoms with E-state index in [4.69, 9.17) is 26.4 Å². The van der Waals surface area contributed by atoms with Crippen LogP contribution >= 0.6 is 28.1 Å². The van der Waals surface area contributed by atoms with Crippen molar-refractivity contribution >= 4 is 44.9 Å². The quantitative estimate of drug-likeness (QED) is 0.150. The second-order valence-electron chi connectivity index (χ2n) is 8.17. The molecule has 0 radical (unpaired) electrons. The third-order valence-electron chi connectivity index (χ3n) is 5.38. The number of anilines is 1. The Labute approximate surface area is 236 Å². The topological polar surface area (TPSA) is 68.8 Å². The summed E-state index contributed by atoms with van der Waals surface area (Å²) in [6, 6.07) is 32.2. The highest BCUT2D eigenvalue weighted by molar-refractivity contribution is 9.10. The van der Waals surface area contributed by atoms with E-state index in [-0.39, 0.29) is 11.0 Å². The molecule has 0 aliphatic carbocycles. The molecule has 4 rings (SSSR count). The SMILES string of the molecule is O=C(NC(=S)Nc1ccc(OCCOc2ccccc2)cc1)c1cc(Br)ccc1OCCc1ccccc1. The maximum absolute atomic E-state index is 13.0. The monoisotopic (exact) mass is 590 g/mol. The van der Waals surface area contributed by atoms with Crippen LogP contribution in [0.15, 0.2) is 108 Å². The van der Waals surface area contributed by atoms with Crippen LogP contribution in [0.4, 0.5) is 5.69 Å². The van der Waals surface area contributed by atoms with Crippen LogP contribution < -0.4 is 24.8 Å². The number of hydrogen-bond donors (Lipinski definition) is 2. The van der Waals surface area contributed by atoms with Crippen molar-refractivity contribution in [1.29, 1.82) is 0 Å². The number of benzene rings is 4. The van der Waals surface area contributed by atoms with Gasteiger partial charge in [0.05, 0.1) is 12.2 Å². The molecule has 38 heavy (non-hydrogen) atoms. The first kappa shape index (κ1) is 27.2. The molecule has 8 heteroatoms. The fraction of sp³-hybridized carbons (Fsp3) is 0.133. The summed E-state index contributed by atoms with van der Waals surface area (Å²) in [5, 5.41) is 5.93. The van der Waals surface area contributed by atoms with Gasteiger partial charge in [-0.1, -0.05) is 64.5 Å². The number of nitrogens with one attached hydrogen (secondary N) is 2. The molecule has 4 aromatic carbocycles. The molecular formula is C30H27BrN2O4S. The fourth-order valence-electron chi connectivity index (χ4n) is 3.53. The Morgan fingerprint density at radius 2 is 1.37 bits per heavy atom. The third kappa shape index (κ3) is 8.61. The summed E-state index contributed by atoms with van der Waals surface area (Å²) in [4.78, 5) is 13.0. The van der Waals surface area contributed by atoms with E-state index in [9.17, 15) is 4.79 Å². The van der Waals surface area contributed by atoms with Gasteiger partial charge in [-0.3, -0.25) is 10.1 Å². The van der Waals surface area contributed by atoms with Gasteiger partial charge < -0.3 is 19.5 Å². The zero-order chi connectivity index (χ0) is 26.6. The van der Waals surface area contributed by atoms with Crippen LogP contribution in [0.3, 0.4) is 0 Å². The molecule has 0 spiro atoms. The van der Waals surface area contributed by atoms with Gasteiger partial charge in [0, 0.05) is 16.6 Å². The van der Waals surface area contributed by atoms with Crippen molar-refractivity contribution in [2.24, 2.45) is 0 Å². The van der Waals surface area contributed by atoms with Crippen molar-refractivity contribution < 1.29 is 19.0 Å². The third-order valence-corrected chi connectivity index (χ3v) is 6.08. The standard InChI is InChI=1S/C30H27BrN2O4S/c31-23-11-16-28(37-18-17-22-7-3-1-4-8-22)27(21-23)29(34)33-30(38)32-24-12-14-26(15-13-24)36-20-19-35-25-9-5-2-6-10-25/h1-16,21H,17-20H2,(H2,32,33,34,38). The molecule has 0 atom stereocenters. The maximum Gasteiger partial charge on any atom is 0.261 e. The number of hydrogen-bond acceptors (Lipinski definition) is 5. The van der Waals surface area contributed by atoms with E-state index in [0.29, 0.717) is 36.9 Å². The van der Waals surface area contributed by atoms with Crippen molar-refractivity contribution in [3.63, 3.8) is 0 Å². The van der Waals surface area contributed by atoms with E-state index >= 15 is 0 Å². The van der Waals surface area contributed by atoms with Crippen LogP contribution in [0.2, 0.25) is 0 Å². The minimum atomic E-state index is -0.364. The van der Waals surface area contributed by atoms with Gasteiger partial charge in [0.25, 0.3) is 5.91 Å². The van der Waals surface area contributed by atoms with Crippen molar-refractivity contribution in [3.8, 4) is 17.2 Å². The van der Waals surface area contributed by atoms with E-state index in [0.717, 1.165) is 27.9 Å². The molecule has 0 saturated heterocycles. The van der Waals surface area contributed by atoms with Crippen LogP contribution in [-0.4, -0.2) is 30.8 Å². The Balaban J connectivity index is 1.25. The van der Waals surface area contributed by atoms with Gasteiger partial charge in [0.15, 0.2) is 5.11 Å². The van der Waals surface area contributed by atoms with Gasteiger partial charge in [-0.15, -0.1) is 0 Å². The first-order chi connectivity index (χ1) is 18.6. The summed E-state index contributed by atoms with van der Waals surface area (Å²) in [6.07, 6.45) is 0.734. The molecule has 0 fully saturated rings. The van der Waals surface area contributed by atoms with E-state index in [1.807, 2.05) is 91.0 Å². The number of ether oxygens (including phenoxy) is 3. The average molecular weight is 592 g/mol. The lowest BCUT2D eigenvalue weighted by molar-refractivity contribution is 0.0973. The first-order valence-corrected chi connectivity index (χ1v) is 13.3. The molecule has 0 heterocycles. The summed E-state index contributed by atoms with van der Waals surface area (Å²) in [5.74, 6) is 1.63. The first-order valence-electron chi connectivity index (χ1n) is 12.1. The number of para-hydroxylation sites is 1. The summed E-state index contributed by atoms with van der Waals surface area (Å²) in [7, 11) is 0. The minimum absolute atomic E-state index is 0.176. The van der Waals surface area contributed by atoms with Gasteiger partial charge in [-0.2, -0.15) is 0 Å². The lowest BCUT2D eigenvalue weighted by atomic mass is 10.1. The van der Waals surface area contributed by atoms with Crippen LogP contribution in [0, 0.1) is 0 Å². The van der Waals surface area contributed by atoms with Crippen molar-refractivity contribution in [1.82, 2.24) is 5.32 Å². The van der Waals surface area contributed by atoms with Gasteiger partial charge in [-0.25, -0.2) is 0 Å². The van der Waals surface area contributed by atoms with Gasteiger partial charge >= 0.3 is 0 Å². The smallest absolute Gasteiger partial charge is 0.261 e. The highest BCUT2D eigenvalue weighted by Gasteiger charge is 2.15. The summed E-state index contributed by atoms with van der Waals surface area (Å²) < 4.78 is 18.0. The molecule has 0 saturated carbocycles. The molecule has 6 nitrogen and oxygen atoms in total. The van der Waals surface area contributed by atoms with Gasteiger partial charge in [-0.05, 0) is 72.4 Å². The maximum atomic E-state index is 13.0. The number of thiocarbonyl (C=S) groups is 1. The zero-order valence-corrected chi connectivity index (χ0v) is 23.0. The number of carbonyl (C=O) groups excluding carboxylic acids is 1. The van der Waals surface area contributed by atoms with Crippen LogP contribution in [0.5, 0.6) is 17.2 Å². The van der Waals surface area contributed by atoms with Crippen molar-refractivity contribution in [2.45, 2.75) is 6.42 Å². The largest absolute Gasteiger partial charge is 0.492 e. The molecule has 194 valence electrons. The lowest BCUT2D eigenvalue weighted by Crippen LogP contribution is -2.34. The van der Waals surface area contributed by atoms with Crippen LogP contribution in [0.1, 0.15) is 15.9 Å². The van der Waals surface area contributed by atoms with E-state index < -0.39 is 0 Å². The second kappa shape index (κ2) is 14.2. The molecule has 0 aromatic heterocycles. The molecule has 0 aliphatic heterocycles. The Bertz CT molecular complexity index is 1340.